The number of likely N-dealkylation sites (tertiary alicyclic amines) is 1. The molecule has 0 spiro atoms. The maximum absolute atomic E-state index is 15.5. The van der Waals surface area contributed by atoms with Crippen LogP contribution in [0.2, 0.25) is 0 Å². The Labute approximate surface area is 196 Å². The molecule has 33 heavy (non-hydrogen) atoms. The highest BCUT2D eigenvalue weighted by Gasteiger charge is 2.51. The molecule has 170 valence electrons. The zero-order valence-electron chi connectivity index (χ0n) is 18.8. The molecule has 5 rings (SSSR count). The van der Waals surface area contributed by atoms with Crippen LogP contribution < -0.4 is 9.34 Å². The lowest BCUT2D eigenvalue weighted by atomic mass is 10.1. The van der Waals surface area contributed by atoms with Crippen molar-refractivity contribution < 1.29 is 9.36 Å². The zero-order chi connectivity index (χ0) is 22.7. The van der Waals surface area contributed by atoms with E-state index in [1.54, 1.807) is 0 Å². The number of benzene rings is 3. The van der Waals surface area contributed by atoms with Gasteiger partial charge in [-0.15, -0.1) is 0 Å². The fourth-order valence-corrected chi connectivity index (χ4v) is 8.76. The molecule has 3 aromatic rings. The summed E-state index contributed by atoms with van der Waals surface area (Å²) in [5, 5.41) is 0. The summed E-state index contributed by atoms with van der Waals surface area (Å²) in [6.45, 7) is 2.72. The molecule has 3 aromatic carbocycles. The van der Waals surface area contributed by atoms with E-state index in [0.717, 1.165) is 11.4 Å². The van der Waals surface area contributed by atoms with Gasteiger partial charge in [0.1, 0.15) is 11.6 Å². The number of hydrogen-bond donors (Lipinski definition) is 0. The lowest BCUT2D eigenvalue weighted by molar-refractivity contribution is -0.121. The lowest BCUT2D eigenvalue weighted by Gasteiger charge is -2.44. The van der Waals surface area contributed by atoms with Gasteiger partial charge < -0.3 is 9.34 Å². The molecule has 2 heterocycles. The first-order valence-corrected chi connectivity index (χ1v) is 13.4. The smallest absolute Gasteiger partial charge is 0.280 e. The number of carbonyl (C=O) groups excluding carboxylic acids is 1. The molecule has 1 atom stereocenters. The van der Waals surface area contributed by atoms with Crippen molar-refractivity contribution in [3.63, 3.8) is 0 Å². The van der Waals surface area contributed by atoms with Crippen molar-refractivity contribution in [2.24, 2.45) is 0 Å². The number of para-hydroxylation sites is 2. The summed E-state index contributed by atoms with van der Waals surface area (Å²) in [4.78, 5) is 14.4. The van der Waals surface area contributed by atoms with Crippen molar-refractivity contribution in [3.05, 3.63) is 96.6 Å². The van der Waals surface area contributed by atoms with E-state index in [9.17, 15) is 4.79 Å². The number of anilines is 2. The number of ketones is 1. The maximum atomic E-state index is 15.5. The predicted octanol–water partition coefficient (Wildman–Crippen LogP) is 5.44. The molecule has 2 aliphatic heterocycles. The van der Waals surface area contributed by atoms with E-state index in [4.69, 9.17) is 0 Å². The van der Waals surface area contributed by atoms with Crippen molar-refractivity contribution in [2.45, 2.75) is 25.0 Å². The normalized spacial score (nSPS) is 19.6. The van der Waals surface area contributed by atoms with E-state index in [-0.39, 0.29) is 5.78 Å². The second-order valence-corrected chi connectivity index (χ2v) is 11.5. The van der Waals surface area contributed by atoms with Crippen LogP contribution in [0.1, 0.15) is 18.4 Å². The van der Waals surface area contributed by atoms with Crippen LogP contribution in [0.5, 0.6) is 0 Å². The first kappa shape index (κ1) is 21.9. The quantitative estimate of drug-likeness (QED) is 0.459. The molecule has 0 N–H and O–H groups in total. The predicted molar refractivity (Wildman–Crippen MR) is 135 cm³/mol. The molecular weight excluding hydrogens is 429 g/mol. The van der Waals surface area contributed by atoms with E-state index in [1.165, 1.54) is 5.56 Å². The minimum Gasteiger partial charge on any atom is -0.304 e. The average molecular weight is 460 g/mol. The van der Waals surface area contributed by atoms with Crippen LogP contribution in [0.4, 0.5) is 11.4 Å². The Bertz CT molecular complexity index is 1060. The van der Waals surface area contributed by atoms with Crippen molar-refractivity contribution in [1.82, 2.24) is 4.90 Å². The fraction of sp³-hybridized carbons (Fsp3) is 0.296. The number of rotatable bonds is 6. The van der Waals surface area contributed by atoms with Gasteiger partial charge in [-0.3, -0.25) is 14.3 Å². The topological polar surface area (TPSA) is 43.9 Å². The molecule has 0 amide bonds. The average Bonchev–Trinajstić information content (AvgIpc) is 3.22. The molecule has 0 aliphatic carbocycles. The van der Waals surface area contributed by atoms with E-state index in [1.807, 2.05) is 54.6 Å². The Morgan fingerprint density at radius 3 is 1.61 bits per heavy atom. The zero-order valence-corrected chi connectivity index (χ0v) is 19.7. The number of hydrogen-bond acceptors (Lipinski definition) is 3. The Kier molecular flexibility index (Phi) is 6.34. The van der Waals surface area contributed by atoms with Crippen LogP contribution in [-0.2, 0) is 15.8 Å². The van der Waals surface area contributed by atoms with Crippen molar-refractivity contribution in [3.8, 4) is 0 Å². The van der Waals surface area contributed by atoms with Crippen molar-refractivity contribution >= 4 is 24.6 Å². The highest BCUT2D eigenvalue weighted by Crippen LogP contribution is 2.64. The van der Waals surface area contributed by atoms with E-state index < -0.39 is 7.44 Å². The van der Waals surface area contributed by atoms with Gasteiger partial charge in [-0.1, -0.05) is 66.7 Å². The summed E-state index contributed by atoms with van der Waals surface area (Å²) in [7, 11) is -3.12. The van der Waals surface area contributed by atoms with Crippen LogP contribution in [0.25, 0.3) is 0 Å². The summed E-state index contributed by atoms with van der Waals surface area (Å²) in [6, 6.07) is 30.6. The number of carbonyl (C=O) groups is 1. The Morgan fingerprint density at radius 1 is 0.667 bits per heavy atom. The molecule has 2 aliphatic rings. The van der Waals surface area contributed by atoms with Crippen LogP contribution >= 0.6 is 7.44 Å². The van der Waals surface area contributed by atoms with Gasteiger partial charge >= 0.3 is 0 Å². The van der Waals surface area contributed by atoms with Crippen LogP contribution in [-0.4, -0.2) is 42.6 Å². The minimum atomic E-state index is -3.12. The van der Waals surface area contributed by atoms with E-state index in [2.05, 4.69) is 50.6 Å². The fourth-order valence-electron chi connectivity index (χ4n) is 5.07. The van der Waals surface area contributed by atoms with Gasteiger partial charge in [-0.2, -0.15) is 0 Å². The number of Topliss-reactive ketones (excluding diaryl/α,β-unsaturated/α-hetero) is 1. The summed E-state index contributed by atoms with van der Waals surface area (Å²) < 4.78 is 19.8. The Balaban J connectivity index is 1.62. The van der Waals surface area contributed by atoms with Crippen molar-refractivity contribution in [2.75, 3.05) is 35.5 Å². The highest BCUT2D eigenvalue weighted by molar-refractivity contribution is 7.68. The van der Waals surface area contributed by atoms with Gasteiger partial charge in [0.15, 0.2) is 0 Å². The molecule has 5 nitrogen and oxygen atoms in total. The van der Waals surface area contributed by atoms with Crippen LogP contribution in [0.3, 0.4) is 0 Å². The largest absolute Gasteiger partial charge is 0.304 e. The molecule has 0 bridgehead atoms. The minimum absolute atomic E-state index is 0.212. The summed E-state index contributed by atoms with van der Waals surface area (Å²) >= 11 is 0. The van der Waals surface area contributed by atoms with Crippen molar-refractivity contribution in [1.29, 1.82) is 0 Å². The first-order valence-electron chi connectivity index (χ1n) is 11.7. The van der Waals surface area contributed by atoms with Gasteiger partial charge in [0.25, 0.3) is 7.44 Å². The third-order valence-corrected chi connectivity index (χ3v) is 10.3. The lowest BCUT2D eigenvalue weighted by Crippen LogP contribution is -2.46. The number of piperidine rings is 1. The first-order chi connectivity index (χ1) is 16.2. The molecular formula is C27H30N3O2P. The number of nitrogens with zero attached hydrogens (tertiary/aromatic N) is 3. The molecule has 0 saturated carbocycles. The van der Waals surface area contributed by atoms with Gasteiger partial charge in [-0.25, -0.2) is 0 Å². The highest BCUT2D eigenvalue weighted by atomic mass is 31.2. The molecule has 6 heteroatoms. The summed E-state index contributed by atoms with van der Waals surface area (Å²) in [5.41, 5.74) is 3.15. The molecule has 0 aromatic heterocycles. The third-order valence-electron chi connectivity index (χ3n) is 6.75. The third kappa shape index (κ3) is 4.36. The molecule has 2 fully saturated rings. The second-order valence-electron chi connectivity index (χ2n) is 8.75. The monoisotopic (exact) mass is 459 g/mol. The summed E-state index contributed by atoms with van der Waals surface area (Å²) in [6.07, 6.45) is 1.74. The Hall–Kier alpha value is -2.88. The van der Waals surface area contributed by atoms with Gasteiger partial charge in [0, 0.05) is 50.4 Å². The van der Waals surface area contributed by atoms with Gasteiger partial charge in [-0.05, 0) is 36.2 Å². The SMILES string of the molecule is O=C1CCN(C(Cc2ccccc2)P2(=O)N(c3ccccc3)CCN2c2ccccc2)CC1. The van der Waals surface area contributed by atoms with Gasteiger partial charge in [0.05, 0.1) is 0 Å². The van der Waals surface area contributed by atoms with E-state index >= 15 is 4.57 Å². The summed E-state index contributed by atoms with van der Waals surface area (Å²) in [5.74, 6) is 0.0881. The van der Waals surface area contributed by atoms with Gasteiger partial charge in [0.2, 0.25) is 0 Å². The maximum Gasteiger partial charge on any atom is 0.280 e. The second kappa shape index (κ2) is 9.54. The van der Waals surface area contributed by atoms with E-state index in [0.29, 0.717) is 51.2 Å². The molecule has 1 unspecified atom stereocenters. The van der Waals surface area contributed by atoms with Crippen LogP contribution in [0.15, 0.2) is 91.0 Å². The molecule has 0 radical (unpaired) electrons. The Morgan fingerprint density at radius 2 is 1.12 bits per heavy atom. The molecule has 2 saturated heterocycles. The van der Waals surface area contributed by atoms with Crippen LogP contribution in [0, 0.1) is 0 Å². The standard InChI is InChI=1S/C27H30N3O2P/c31-26-16-18-28(19-17-26)27(22-23-10-4-1-5-11-23)33(32)29(24-12-6-2-7-13-24)20-21-30(33)25-14-8-3-9-15-25/h1-15,27H,16-22H2.